The molecule has 0 saturated carbocycles. The van der Waals surface area contributed by atoms with Gasteiger partial charge in [0.2, 0.25) is 10.0 Å². The molecular formula is C44H64N2O15S4. The van der Waals surface area contributed by atoms with Crippen LogP contribution in [0.5, 0.6) is 0 Å². The molecule has 0 saturated heterocycles. The standard InChI is InChI=1S/C44H64N2O15S4/c1-43(22-12-28-62(49,50)51)37(33(14-9-7-5-6-8-10-17-42(47)48)30-34-18-19-35(31-38(34)43)64(55,56)45-24-26-60-3)15-11-16-41-44(2,23-13-29-63(52,53)54)39-32-36(65(57,58)59)20-21-40(39)46(41)25-27-61-4/h11,15-16,18-21,31-32,45H,5-10,12-14,17,22-30H2,1-4H3,(H,47,48)(H,49,50,51)(H,52,53,54)(H,57,58,59)/b15-11+,41-16+. The monoisotopic (exact) mass is 988 g/mol. The average Bonchev–Trinajstić information content (AvgIpc) is 3.43. The van der Waals surface area contributed by atoms with Gasteiger partial charge in [0, 0.05) is 55.9 Å². The van der Waals surface area contributed by atoms with Crippen LogP contribution in [0.2, 0.25) is 0 Å². The van der Waals surface area contributed by atoms with E-state index in [0.717, 1.165) is 48.8 Å². The predicted molar refractivity (Wildman–Crippen MR) is 248 cm³/mol. The second kappa shape index (κ2) is 23.0. The van der Waals surface area contributed by atoms with Crippen molar-refractivity contribution in [1.29, 1.82) is 0 Å². The van der Waals surface area contributed by atoms with Crippen LogP contribution in [0.15, 0.2) is 81.3 Å². The average molecular weight is 989 g/mol. The number of carboxylic acid groups (broad SMARTS) is 1. The van der Waals surface area contributed by atoms with Gasteiger partial charge in [0.05, 0.1) is 34.5 Å². The minimum Gasteiger partial charge on any atom is -0.481 e. The molecule has 1 aliphatic heterocycles. The van der Waals surface area contributed by atoms with Crippen molar-refractivity contribution in [3.05, 3.63) is 88.2 Å². The van der Waals surface area contributed by atoms with Crippen LogP contribution in [0.4, 0.5) is 5.69 Å². The third-order valence-electron chi connectivity index (χ3n) is 12.3. The van der Waals surface area contributed by atoms with Gasteiger partial charge in [0.25, 0.3) is 30.4 Å². The van der Waals surface area contributed by atoms with Crippen LogP contribution in [0.1, 0.15) is 108 Å². The number of unbranched alkanes of at least 4 members (excludes halogenated alkanes) is 5. The molecule has 2 atom stereocenters. The van der Waals surface area contributed by atoms with Gasteiger partial charge in [-0.2, -0.15) is 25.3 Å². The number of carbonyl (C=O) groups is 1. The zero-order valence-electron chi connectivity index (χ0n) is 37.5. The summed E-state index contributed by atoms with van der Waals surface area (Å²) in [7, 11) is -14.4. The maximum absolute atomic E-state index is 13.5. The largest absolute Gasteiger partial charge is 0.481 e. The summed E-state index contributed by atoms with van der Waals surface area (Å²) in [6.45, 7) is 4.46. The third-order valence-corrected chi connectivity index (χ3v) is 16.2. The Morgan fingerprint density at radius 2 is 1.34 bits per heavy atom. The summed E-state index contributed by atoms with van der Waals surface area (Å²) in [5.41, 5.74) is 3.03. The van der Waals surface area contributed by atoms with Crippen LogP contribution < -0.4 is 9.62 Å². The van der Waals surface area contributed by atoms with Crippen molar-refractivity contribution in [3.8, 4) is 0 Å². The first-order chi connectivity index (χ1) is 30.4. The second-order valence-electron chi connectivity index (χ2n) is 17.1. The van der Waals surface area contributed by atoms with Crippen LogP contribution in [-0.4, -0.2) is 110 Å². The number of aliphatic carboxylic acids is 1. The summed E-state index contributed by atoms with van der Waals surface area (Å²) >= 11 is 0. The summed E-state index contributed by atoms with van der Waals surface area (Å²) in [5, 5.41) is 9.00. The zero-order chi connectivity index (χ0) is 48.3. The zero-order valence-corrected chi connectivity index (χ0v) is 40.8. The lowest BCUT2D eigenvalue weighted by Gasteiger charge is -2.40. The number of fused-ring (bicyclic) bond motifs is 2. The van der Waals surface area contributed by atoms with E-state index in [1.807, 2.05) is 37.0 Å². The quantitative estimate of drug-likeness (QED) is 0.0458. The van der Waals surface area contributed by atoms with E-state index in [0.29, 0.717) is 48.3 Å². The van der Waals surface area contributed by atoms with Crippen molar-refractivity contribution >= 4 is 52.0 Å². The number of hydrogen-bond acceptors (Lipinski definition) is 12. The first kappa shape index (κ1) is 54.1. The molecule has 0 radical (unpaired) electrons. The summed E-state index contributed by atoms with van der Waals surface area (Å²) in [5.74, 6) is -1.92. The molecule has 2 aromatic carbocycles. The Balaban J connectivity index is 1.91. The molecule has 2 aromatic rings. The number of methoxy groups -OCH3 is 2. The Morgan fingerprint density at radius 1 is 0.754 bits per heavy atom. The fourth-order valence-electron chi connectivity index (χ4n) is 9.06. The van der Waals surface area contributed by atoms with Gasteiger partial charge in [-0.05, 0) is 117 Å². The Morgan fingerprint density at radius 3 is 1.94 bits per heavy atom. The molecule has 5 N–H and O–H groups in total. The van der Waals surface area contributed by atoms with Gasteiger partial charge < -0.3 is 19.5 Å². The number of benzene rings is 2. The SMILES string of the molecule is COCCNS(=O)(=O)c1ccc2c(c1)C(C)(CCCS(=O)(=O)O)C(/C=C/C=C1/N(CCOC)c3ccc(S(=O)(=O)O)cc3C1(C)CCCS(=O)(=O)O)=C(CCCCCCCCC(=O)O)C2. The Bertz CT molecular complexity index is 2560. The van der Waals surface area contributed by atoms with E-state index in [-0.39, 0.29) is 61.7 Å². The first-order valence-electron chi connectivity index (χ1n) is 21.6. The number of carboxylic acids is 1. The van der Waals surface area contributed by atoms with Gasteiger partial charge >= 0.3 is 5.97 Å². The molecule has 65 heavy (non-hydrogen) atoms. The fraction of sp³-hybridized carbons (Fsp3) is 0.568. The molecule has 0 spiro atoms. The Hall–Kier alpha value is -3.51. The lowest BCUT2D eigenvalue weighted by molar-refractivity contribution is -0.137. The van der Waals surface area contributed by atoms with Crippen LogP contribution >= 0.6 is 0 Å². The molecule has 364 valence electrons. The Kier molecular flexibility index (Phi) is 19.1. The molecule has 1 heterocycles. The maximum Gasteiger partial charge on any atom is 0.303 e. The van der Waals surface area contributed by atoms with Crippen molar-refractivity contribution in [2.45, 2.75) is 118 Å². The minimum absolute atomic E-state index is 0.00685. The van der Waals surface area contributed by atoms with E-state index in [1.54, 1.807) is 18.2 Å². The number of ether oxygens (including phenoxy) is 2. The molecule has 17 nitrogen and oxygen atoms in total. The molecular weight excluding hydrogens is 925 g/mol. The third kappa shape index (κ3) is 15.0. The molecule has 0 amide bonds. The van der Waals surface area contributed by atoms with Crippen molar-refractivity contribution < 1.29 is 66.7 Å². The summed E-state index contributed by atoms with van der Waals surface area (Å²) in [6, 6.07) is 9.11. The summed E-state index contributed by atoms with van der Waals surface area (Å²) in [6.07, 6.45) is 11.9. The van der Waals surface area contributed by atoms with Gasteiger partial charge in [-0.15, -0.1) is 0 Å². The van der Waals surface area contributed by atoms with Crippen LogP contribution in [0.25, 0.3) is 0 Å². The molecule has 2 aliphatic rings. The highest BCUT2D eigenvalue weighted by molar-refractivity contribution is 7.89. The van der Waals surface area contributed by atoms with Crippen LogP contribution in [-0.2, 0) is 71.9 Å². The highest BCUT2D eigenvalue weighted by Gasteiger charge is 2.44. The molecule has 4 rings (SSSR count). The molecule has 0 fully saturated rings. The van der Waals surface area contributed by atoms with E-state index >= 15 is 0 Å². The lowest BCUT2D eigenvalue weighted by Crippen LogP contribution is -2.33. The second-order valence-corrected chi connectivity index (χ2v) is 23.4. The van der Waals surface area contributed by atoms with Crippen molar-refractivity contribution in [3.63, 3.8) is 0 Å². The highest BCUT2D eigenvalue weighted by atomic mass is 32.2. The van der Waals surface area contributed by atoms with Crippen LogP contribution in [0, 0.1) is 0 Å². The molecule has 21 heteroatoms. The predicted octanol–water partition coefficient (Wildman–Crippen LogP) is 6.37. The van der Waals surface area contributed by atoms with Crippen molar-refractivity contribution in [2.75, 3.05) is 56.9 Å². The molecule has 1 aliphatic carbocycles. The normalized spacial score (nSPS) is 19.9. The number of anilines is 1. The highest BCUT2D eigenvalue weighted by Crippen LogP contribution is 2.52. The van der Waals surface area contributed by atoms with E-state index in [1.165, 1.54) is 32.4 Å². The number of allylic oxidation sites excluding steroid dienone is 6. The van der Waals surface area contributed by atoms with Crippen molar-refractivity contribution in [2.24, 2.45) is 0 Å². The maximum atomic E-state index is 13.5. The van der Waals surface area contributed by atoms with Crippen molar-refractivity contribution in [1.82, 2.24) is 4.72 Å². The van der Waals surface area contributed by atoms with E-state index in [2.05, 4.69) is 4.72 Å². The smallest absolute Gasteiger partial charge is 0.303 e. The van der Waals surface area contributed by atoms with Gasteiger partial charge in [-0.25, -0.2) is 13.1 Å². The minimum atomic E-state index is -4.64. The van der Waals surface area contributed by atoms with Gasteiger partial charge in [0.1, 0.15) is 0 Å². The first-order valence-corrected chi connectivity index (χ1v) is 27.7. The fourth-order valence-corrected chi connectivity index (χ4v) is 11.6. The van der Waals surface area contributed by atoms with E-state index in [9.17, 15) is 52.1 Å². The topological polar surface area (TPSA) is 268 Å². The van der Waals surface area contributed by atoms with Crippen LogP contribution in [0.3, 0.4) is 0 Å². The van der Waals surface area contributed by atoms with Gasteiger partial charge in [-0.1, -0.05) is 56.4 Å². The number of rotatable bonds is 28. The van der Waals surface area contributed by atoms with E-state index in [4.69, 9.17) is 14.6 Å². The molecule has 0 aromatic heterocycles. The van der Waals surface area contributed by atoms with Gasteiger partial charge in [-0.3, -0.25) is 18.5 Å². The summed E-state index contributed by atoms with van der Waals surface area (Å²) < 4.78 is 142. The molecule has 0 bridgehead atoms. The number of hydrogen-bond donors (Lipinski definition) is 5. The lowest BCUT2D eigenvalue weighted by atomic mass is 9.64. The Labute approximate surface area is 384 Å². The van der Waals surface area contributed by atoms with Gasteiger partial charge in [0.15, 0.2) is 0 Å². The van der Waals surface area contributed by atoms with E-state index < -0.39 is 68.7 Å². The summed E-state index contributed by atoms with van der Waals surface area (Å²) in [4.78, 5) is 12.5. The number of sulfonamides is 1. The molecule has 2 unspecified atom stereocenters. The number of nitrogens with zero attached hydrogens (tertiary/aromatic N) is 1. The number of nitrogens with one attached hydrogen (secondary N) is 1.